The number of carbonyl (C=O) groups is 3. The van der Waals surface area contributed by atoms with E-state index in [-0.39, 0.29) is 16.3 Å². The molecular formula is C19H16ClF3N2O5. The maximum absolute atomic E-state index is 12.1. The van der Waals surface area contributed by atoms with E-state index < -0.39 is 42.5 Å². The molecule has 1 atom stereocenters. The summed E-state index contributed by atoms with van der Waals surface area (Å²) in [5.74, 6) is -2.62. The minimum Gasteiger partial charge on any atom is -0.454 e. The van der Waals surface area contributed by atoms with Crippen molar-refractivity contribution in [1.29, 1.82) is 0 Å². The Bertz CT molecular complexity index is 919. The maximum Gasteiger partial charge on any atom is 0.573 e. The van der Waals surface area contributed by atoms with Gasteiger partial charge in [-0.1, -0.05) is 23.7 Å². The van der Waals surface area contributed by atoms with Gasteiger partial charge in [0, 0.05) is 5.69 Å². The van der Waals surface area contributed by atoms with Gasteiger partial charge in [-0.2, -0.15) is 0 Å². The fourth-order valence-corrected chi connectivity index (χ4v) is 2.40. The monoisotopic (exact) mass is 444 g/mol. The van der Waals surface area contributed by atoms with Crippen LogP contribution in [0.25, 0.3) is 0 Å². The third-order valence-corrected chi connectivity index (χ3v) is 3.87. The van der Waals surface area contributed by atoms with Crippen molar-refractivity contribution >= 4 is 35.1 Å². The summed E-state index contributed by atoms with van der Waals surface area (Å²) < 4.78 is 44.9. The Balaban J connectivity index is 1.80. The van der Waals surface area contributed by atoms with Crippen LogP contribution in [0.2, 0.25) is 5.02 Å². The van der Waals surface area contributed by atoms with Gasteiger partial charge in [0.1, 0.15) is 11.8 Å². The van der Waals surface area contributed by atoms with Gasteiger partial charge in [0.2, 0.25) is 0 Å². The van der Waals surface area contributed by atoms with E-state index in [1.165, 1.54) is 31.2 Å². The highest BCUT2D eigenvalue weighted by molar-refractivity contribution is 6.33. The summed E-state index contributed by atoms with van der Waals surface area (Å²) in [6.45, 7) is 0.709. The summed E-state index contributed by atoms with van der Waals surface area (Å²) in [4.78, 5) is 35.9. The standard InChI is InChI=1S/C19H16ClF3N2O5/c1-11(24-17(27)14-4-2-3-5-15(14)20)18(28)29-10-16(26)25-12-6-8-13(9-7-12)30-19(21,22)23/h2-9,11H,10H2,1H3,(H,24,27)(H,25,26)/t11-/m1/s1. The van der Waals surface area contributed by atoms with E-state index in [4.69, 9.17) is 16.3 Å². The molecule has 0 aromatic heterocycles. The fourth-order valence-electron chi connectivity index (χ4n) is 2.18. The number of carbonyl (C=O) groups excluding carboxylic acids is 3. The second-order valence-electron chi connectivity index (χ2n) is 5.90. The zero-order valence-electron chi connectivity index (χ0n) is 15.5. The van der Waals surface area contributed by atoms with E-state index in [0.717, 1.165) is 12.1 Å². The molecule has 2 aromatic rings. The molecule has 0 unspecified atom stereocenters. The highest BCUT2D eigenvalue weighted by Gasteiger charge is 2.31. The highest BCUT2D eigenvalue weighted by atomic mass is 35.5. The lowest BCUT2D eigenvalue weighted by molar-refractivity contribution is -0.274. The van der Waals surface area contributed by atoms with Crippen LogP contribution in [0.4, 0.5) is 18.9 Å². The van der Waals surface area contributed by atoms with Gasteiger partial charge < -0.3 is 20.1 Å². The minimum absolute atomic E-state index is 0.172. The van der Waals surface area contributed by atoms with Gasteiger partial charge in [-0.25, -0.2) is 4.79 Å². The number of esters is 1. The van der Waals surface area contributed by atoms with E-state index in [0.29, 0.717) is 0 Å². The number of amides is 2. The van der Waals surface area contributed by atoms with E-state index in [2.05, 4.69) is 15.4 Å². The second-order valence-corrected chi connectivity index (χ2v) is 6.31. The minimum atomic E-state index is -4.82. The van der Waals surface area contributed by atoms with Gasteiger partial charge >= 0.3 is 12.3 Å². The molecule has 0 aliphatic heterocycles. The third-order valence-electron chi connectivity index (χ3n) is 3.54. The lowest BCUT2D eigenvalue weighted by atomic mass is 10.2. The summed E-state index contributed by atoms with van der Waals surface area (Å²) >= 11 is 5.91. The van der Waals surface area contributed by atoms with Crippen molar-refractivity contribution in [2.24, 2.45) is 0 Å². The molecule has 30 heavy (non-hydrogen) atoms. The zero-order valence-corrected chi connectivity index (χ0v) is 16.2. The van der Waals surface area contributed by atoms with Crippen LogP contribution in [-0.2, 0) is 14.3 Å². The van der Waals surface area contributed by atoms with Crippen LogP contribution in [0.15, 0.2) is 48.5 Å². The average molecular weight is 445 g/mol. The molecule has 0 aliphatic carbocycles. The second kappa shape index (κ2) is 9.97. The number of ether oxygens (including phenoxy) is 2. The van der Waals surface area contributed by atoms with E-state index in [1.807, 2.05) is 0 Å². The molecule has 7 nitrogen and oxygen atoms in total. The number of alkyl halides is 3. The fraction of sp³-hybridized carbons (Fsp3) is 0.211. The van der Waals surface area contributed by atoms with Crippen LogP contribution in [0.3, 0.4) is 0 Å². The van der Waals surface area contributed by atoms with Crippen molar-refractivity contribution < 1.29 is 37.0 Å². The van der Waals surface area contributed by atoms with Gasteiger partial charge in [0.15, 0.2) is 6.61 Å². The molecule has 2 amide bonds. The quantitative estimate of drug-likeness (QED) is 0.637. The van der Waals surface area contributed by atoms with Gasteiger partial charge in [-0.3, -0.25) is 9.59 Å². The average Bonchev–Trinajstić information content (AvgIpc) is 2.66. The Labute approximate surface area is 174 Å². The van der Waals surface area contributed by atoms with Crippen LogP contribution in [0.5, 0.6) is 5.75 Å². The van der Waals surface area contributed by atoms with Gasteiger partial charge in [-0.05, 0) is 43.3 Å². The number of nitrogens with one attached hydrogen (secondary N) is 2. The number of hydrogen-bond donors (Lipinski definition) is 2. The first-order chi connectivity index (χ1) is 14.0. The Kier molecular flexibility index (Phi) is 7.65. The van der Waals surface area contributed by atoms with Crippen LogP contribution in [0.1, 0.15) is 17.3 Å². The molecule has 11 heteroatoms. The lowest BCUT2D eigenvalue weighted by Crippen LogP contribution is -2.40. The van der Waals surface area contributed by atoms with E-state index in [1.54, 1.807) is 12.1 Å². The molecule has 0 saturated carbocycles. The Morgan fingerprint density at radius 2 is 1.70 bits per heavy atom. The number of anilines is 1. The van der Waals surface area contributed by atoms with Crippen molar-refractivity contribution in [2.75, 3.05) is 11.9 Å². The van der Waals surface area contributed by atoms with Crippen molar-refractivity contribution in [1.82, 2.24) is 5.32 Å². The first kappa shape index (κ1) is 23.0. The summed E-state index contributed by atoms with van der Waals surface area (Å²) in [7, 11) is 0. The molecular weight excluding hydrogens is 429 g/mol. The summed E-state index contributed by atoms with van der Waals surface area (Å²) in [6.07, 6.45) is -4.82. The van der Waals surface area contributed by atoms with Crippen LogP contribution in [0, 0.1) is 0 Å². The summed E-state index contributed by atoms with van der Waals surface area (Å²) in [5, 5.41) is 4.95. The first-order valence-corrected chi connectivity index (χ1v) is 8.80. The Morgan fingerprint density at radius 3 is 2.30 bits per heavy atom. The maximum atomic E-state index is 12.1. The molecule has 0 heterocycles. The van der Waals surface area contributed by atoms with Crippen molar-refractivity contribution in [2.45, 2.75) is 19.3 Å². The summed E-state index contributed by atoms with van der Waals surface area (Å²) in [5.41, 5.74) is 0.347. The molecule has 2 aromatic carbocycles. The van der Waals surface area contributed by atoms with Crippen molar-refractivity contribution in [3.05, 3.63) is 59.1 Å². The number of benzene rings is 2. The predicted octanol–water partition coefficient (Wildman–Crippen LogP) is 3.54. The molecule has 0 radical (unpaired) electrons. The van der Waals surface area contributed by atoms with Crippen molar-refractivity contribution in [3.8, 4) is 5.75 Å². The Hall–Kier alpha value is -3.27. The molecule has 0 fully saturated rings. The smallest absolute Gasteiger partial charge is 0.454 e. The normalized spacial score (nSPS) is 11.9. The molecule has 2 N–H and O–H groups in total. The number of hydrogen-bond acceptors (Lipinski definition) is 5. The van der Waals surface area contributed by atoms with Gasteiger partial charge in [-0.15, -0.1) is 13.2 Å². The largest absolute Gasteiger partial charge is 0.573 e. The number of halogens is 4. The lowest BCUT2D eigenvalue weighted by Gasteiger charge is -2.14. The predicted molar refractivity (Wildman–Crippen MR) is 101 cm³/mol. The van der Waals surface area contributed by atoms with E-state index >= 15 is 0 Å². The summed E-state index contributed by atoms with van der Waals surface area (Å²) in [6, 6.07) is 9.60. The van der Waals surface area contributed by atoms with Crippen molar-refractivity contribution in [3.63, 3.8) is 0 Å². The van der Waals surface area contributed by atoms with Gasteiger partial charge in [0.05, 0.1) is 10.6 Å². The number of rotatable bonds is 7. The zero-order chi connectivity index (χ0) is 22.3. The first-order valence-electron chi connectivity index (χ1n) is 8.43. The molecule has 0 bridgehead atoms. The van der Waals surface area contributed by atoms with Gasteiger partial charge in [0.25, 0.3) is 11.8 Å². The molecule has 0 spiro atoms. The molecule has 0 saturated heterocycles. The Morgan fingerprint density at radius 1 is 1.07 bits per heavy atom. The van der Waals surface area contributed by atoms with Crippen LogP contribution >= 0.6 is 11.6 Å². The highest BCUT2D eigenvalue weighted by Crippen LogP contribution is 2.23. The topological polar surface area (TPSA) is 93.7 Å². The molecule has 2 rings (SSSR count). The van der Waals surface area contributed by atoms with Crippen LogP contribution in [-0.4, -0.2) is 36.8 Å². The third kappa shape index (κ3) is 7.28. The molecule has 0 aliphatic rings. The molecule has 160 valence electrons. The van der Waals surface area contributed by atoms with Crippen LogP contribution < -0.4 is 15.4 Å². The SMILES string of the molecule is C[C@@H](NC(=O)c1ccccc1Cl)C(=O)OCC(=O)Nc1ccc(OC(F)(F)F)cc1. The van der Waals surface area contributed by atoms with E-state index in [9.17, 15) is 27.6 Å².